The number of halogens is 3. The molecule has 0 spiro atoms. The van der Waals surface area contributed by atoms with E-state index in [1.54, 1.807) is 0 Å². The summed E-state index contributed by atoms with van der Waals surface area (Å²) < 4.78 is 37.3. The number of aliphatic hydroxyl groups is 1. The highest BCUT2D eigenvalue weighted by atomic mass is 32.2. The molecule has 1 atom stereocenters. The second kappa shape index (κ2) is 6.01. The molecule has 1 fully saturated rings. The number of piperidine rings is 1. The van der Waals surface area contributed by atoms with Crippen LogP contribution < -0.4 is 0 Å². The Morgan fingerprint density at radius 2 is 2.25 bits per heavy atom. The minimum Gasteiger partial charge on any atom is -0.391 e. The quantitative estimate of drug-likeness (QED) is 0.852. The highest BCUT2D eigenvalue weighted by Crippen LogP contribution is 2.37. The molecule has 4 nitrogen and oxygen atoms in total. The summed E-state index contributed by atoms with van der Waals surface area (Å²) in [5.41, 5.74) is -4.57. The van der Waals surface area contributed by atoms with E-state index in [4.69, 9.17) is 0 Å². The normalized spacial score (nSPS) is 20.0. The fourth-order valence-electron chi connectivity index (χ4n) is 2.05. The minimum absolute atomic E-state index is 0.0797. The van der Waals surface area contributed by atoms with Crippen LogP contribution in [0.2, 0.25) is 0 Å². The molecule has 110 valence electrons. The fraction of sp³-hybridized carbons (Fsp3) is 0.500. The Hall–Kier alpha value is -1.28. The molecular formula is C12H13F3N2O2S. The van der Waals surface area contributed by atoms with E-state index in [2.05, 4.69) is 4.98 Å². The Bertz CT molecular complexity index is 496. The molecule has 1 aromatic heterocycles. The Labute approximate surface area is 118 Å². The smallest absolute Gasteiger partial charge is 0.391 e. The van der Waals surface area contributed by atoms with E-state index in [0.29, 0.717) is 19.4 Å². The first-order valence-electron chi connectivity index (χ1n) is 6.05. The molecule has 0 bridgehead atoms. The highest BCUT2D eigenvalue weighted by molar-refractivity contribution is 8.00. The van der Waals surface area contributed by atoms with E-state index in [0.717, 1.165) is 0 Å². The van der Waals surface area contributed by atoms with Gasteiger partial charge in [0.15, 0.2) is 0 Å². The molecule has 1 aliphatic rings. The third-order valence-corrected chi connectivity index (χ3v) is 3.65. The summed E-state index contributed by atoms with van der Waals surface area (Å²) in [5.74, 6) is -0.524. The van der Waals surface area contributed by atoms with E-state index in [-0.39, 0.29) is 17.1 Å². The van der Waals surface area contributed by atoms with Crippen molar-refractivity contribution in [3.8, 4) is 0 Å². The van der Waals surface area contributed by atoms with Crippen molar-refractivity contribution < 1.29 is 23.1 Å². The van der Waals surface area contributed by atoms with Crippen LogP contribution in [0.25, 0.3) is 0 Å². The number of hydrogen-bond donors (Lipinski definition) is 1. The van der Waals surface area contributed by atoms with Gasteiger partial charge in [-0.25, -0.2) is 4.98 Å². The number of thioether (sulfide) groups is 1. The van der Waals surface area contributed by atoms with E-state index in [1.807, 2.05) is 0 Å². The van der Waals surface area contributed by atoms with Crippen molar-refractivity contribution in [2.45, 2.75) is 29.5 Å². The molecule has 1 N–H and O–H groups in total. The van der Waals surface area contributed by atoms with Crippen molar-refractivity contribution in [2.75, 3.05) is 13.1 Å². The number of aromatic nitrogens is 1. The average molecular weight is 306 g/mol. The number of rotatable bonds is 2. The molecule has 0 saturated carbocycles. The number of amides is 1. The largest absolute Gasteiger partial charge is 0.447 e. The van der Waals surface area contributed by atoms with E-state index >= 15 is 0 Å². The molecule has 0 radical (unpaired) electrons. The summed E-state index contributed by atoms with van der Waals surface area (Å²) >= 11 is -0.401. The molecule has 1 aromatic rings. The summed E-state index contributed by atoms with van der Waals surface area (Å²) in [5, 5.41) is 9.18. The zero-order valence-corrected chi connectivity index (χ0v) is 11.2. The number of pyridine rings is 1. The molecular weight excluding hydrogens is 293 g/mol. The lowest BCUT2D eigenvalue weighted by Gasteiger charge is -2.30. The van der Waals surface area contributed by atoms with Gasteiger partial charge in [-0.05, 0) is 25.0 Å². The SMILES string of the molecule is O=C(c1cccnc1SC(F)(F)F)N1CCCC(O)C1. The van der Waals surface area contributed by atoms with Gasteiger partial charge < -0.3 is 10.0 Å². The third-order valence-electron chi connectivity index (χ3n) is 2.90. The van der Waals surface area contributed by atoms with Crippen LogP contribution in [0.1, 0.15) is 23.2 Å². The Kier molecular flexibility index (Phi) is 4.54. The van der Waals surface area contributed by atoms with Crippen LogP contribution in [0.15, 0.2) is 23.4 Å². The number of β-amino-alcohol motifs (C(OH)–C–C–N with tert-alkyl or cyclic N) is 1. The number of carbonyl (C=O) groups excluding carboxylic acids is 1. The molecule has 2 rings (SSSR count). The van der Waals surface area contributed by atoms with Crippen molar-refractivity contribution in [1.82, 2.24) is 9.88 Å². The van der Waals surface area contributed by atoms with Crippen LogP contribution in [0.5, 0.6) is 0 Å². The Balaban J connectivity index is 2.21. The van der Waals surface area contributed by atoms with Gasteiger partial charge in [-0.2, -0.15) is 13.2 Å². The standard InChI is InChI=1S/C12H13F3N2O2S/c13-12(14,15)20-10-9(4-1-5-16-10)11(19)17-6-2-3-8(18)7-17/h1,4-5,8,18H,2-3,6-7H2. The van der Waals surface area contributed by atoms with Gasteiger partial charge in [-0.1, -0.05) is 0 Å². The number of carbonyl (C=O) groups is 1. The monoisotopic (exact) mass is 306 g/mol. The zero-order valence-electron chi connectivity index (χ0n) is 10.4. The predicted molar refractivity (Wildman–Crippen MR) is 67.3 cm³/mol. The van der Waals surface area contributed by atoms with Gasteiger partial charge in [-0.15, -0.1) is 0 Å². The maximum Gasteiger partial charge on any atom is 0.447 e. The lowest BCUT2D eigenvalue weighted by atomic mass is 10.1. The number of hydrogen-bond acceptors (Lipinski definition) is 4. The number of likely N-dealkylation sites (tertiary alicyclic amines) is 1. The molecule has 1 aliphatic heterocycles. The van der Waals surface area contributed by atoms with Gasteiger partial charge in [0.2, 0.25) is 0 Å². The van der Waals surface area contributed by atoms with E-state index in [9.17, 15) is 23.1 Å². The van der Waals surface area contributed by atoms with Crippen molar-refractivity contribution in [2.24, 2.45) is 0 Å². The molecule has 2 heterocycles. The van der Waals surface area contributed by atoms with Crippen LogP contribution in [-0.2, 0) is 0 Å². The summed E-state index contributed by atoms with van der Waals surface area (Å²) in [6.45, 7) is 0.574. The minimum atomic E-state index is -4.50. The second-order valence-electron chi connectivity index (χ2n) is 4.45. The lowest BCUT2D eigenvalue weighted by Crippen LogP contribution is -2.42. The molecule has 0 aromatic carbocycles. The fourth-order valence-corrected chi connectivity index (χ4v) is 2.65. The van der Waals surface area contributed by atoms with Gasteiger partial charge in [0.05, 0.1) is 11.7 Å². The molecule has 1 amide bonds. The summed E-state index contributed by atoms with van der Waals surface area (Å²) in [6, 6.07) is 2.75. The third kappa shape index (κ3) is 3.86. The average Bonchev–Trinajstić information content (AvgIpc) is 2.37. The number of nitrogens with zero attached hydrogens (tertiary/aromatic N) is 2. The second-order valence-corrected chi connectivity index (χ2v) is 5.50. The first-order chi connectivity index (χ1) is 9.37. The maximum atomic E-state index is 12.4. The summed E-state index contributed by atoms with van der Waals surface area (Å²) in [4.78, 5) is 17.2. The first-order valence-corrected chi connectivity index (χ1v) is 6.86. The maximum absolute atomic E-state index is 12.4. The van der Waals surface area contributed by atoms with Crippen molar-refractivity contribution in [3.05, 3.63) is 23.9 Å². The van der Waals surface area contributed by atoms with Gasteiger partial charge >= 0.3 is 5.51 Å². The van der Waals surface area contributed by atoms with Crippen LogP contribution in [0.3, 0.4) is 0 Å². The van der Waals surface area contributed by atoms with Gasteiger partial charge in [0.25, 0.3) is 5.91 Å². The molecule has 1 saturated heterocycles. The van der Waals surface area contributed by atoms with Crippen molar-refractivity contribution in [1.29, 1.82) is 0 Å². The molecule has 20 heavy (non-hydrogen) atoms. The van der Waals surface area contributed by atoms with Gasteiger partial charge in [-0.3, -0.25) is 4.79 Å². The van der Waals surface area contributed by atoms with Gasteiger partial charge in [0, 0.05) is 31.0 Å². The molecule has 1 unspecified atom stereocenters. The van der Waals surface area contributed by atoms with E-state index < -0.39 is 29.3 Å². The predicted octanol–water partition coefficient (Wildman–Crippen LogP) is 2.29. The molecule has 0 aliphatic carbocycles. The van der Waals surface area contributed by atoms with Crippen LogP contribution in [0, 0.1) is 0 Å². The zero-order chi connectivity index (χ0) is 14.8. The Morgan fingerprint density at radius 3 is 2.90 bits per heavy atom. The first kappa shape index (κ1) is 15.1. The van der Waals surface area contributed by atoms with Crippen LogP contribution >= 0.6 is 11.8 Å². The van der Waals surface area contributed by atoms with Crippen molar-refractivity contribution in [3.63, 3.8) is 0 Å². The summed E-state index contributed by atoms with van der Waals surface area (Å²) in [6.07, 6.45) is 1.83. The van der Waals surface area contributed by atoms with Crippen molar-refractivity contribution >= 4 is 17.7 Å². The molecule has 8 heteroatoms. The van der Waals surface area contributed by atoms with Crippen LogP contribution in [-0.4, -0.2) is 45.6 Å². The summed E-state index contributed by atoms with van der Waals surface area (Å²) in [7, 11) is 0. The van der Waals surface area contributed by atoms with Crippen LogP contribution in [0.4, 0.5) is 13.2 Å². The Morgan fingerprint density at radius 1 is 1.50 bits per heavy atom. The van der Waals surface area contributed by atoms with Gasteiger partial charge in [0.1, 0.15) is 5.03 Å². The highest BCUT2D eigenvalue weighted by Gasteiger charge is 2.33. The topological polar surface area (TPSA) is 53.4 Å². The number of alkyl halides is 3. The number of aliphatic hydroxyl groups excluding tert-OH is 1. The lowest BCUT2D eigenvalue weighted by molar-refractivity contribution is -0.0329. The van der Waals surface area contributed by atoms with E-state index in [1.165, 1.54) is 23.2 Å².